The Hall–Kier alpha value is -2.91. The lowest BCUT2D eigenvalue weighted by atomic mass is 9.85. The molecular weight excluding hydrogens is 509 g/mol. The summed E-state index contributed by atoms with van der Waals surface area (Å²) in [6.07, 6.45) is 4.69. The van der Waals surface area contributed by atoms with E-state index in [1.165, 1.54) is 19.2 Å². The van der Waals surface area contributed by atoms with Crippen LogP contribution in [-0.2, 0) is 29.4 Å². The fourth-order valence-electron chi connectivity index (χ4n) is 3.88. The first kappa shape index (κ1) is 27.7. The maximum atomic E-state index is 12.5. The van der Waals surface area contributed by atoms with Crippen LogP contribution in [0.4, 0.5) is 0 Å². The van der Waals surface area contributed by atoms with E-state index in [2.05, 4.69) is 5.32 Å². The number of hydrogen-bond acceptors (Lipinski definition) is 6. The second-order valence-corrected chi connectivity index (χ2v) is 9.01. The van der Waals surface area contributed by atoms with Gasteiger partial charge in [0.1, 0.15) is 12.6 Å². The van der Waals surface area contributed by atoms with Gasteiger partial charge in [0.15, 0.2) is 0 Å². The highest BCUT2D eigenvalue weighted by molar-refractivity contribution is 6.39. The van der Waals surface area contributed by atoms with Crippen LogP contribution >= 0.6 is 23.2 Å². The lowest BCUT2D eigenvalue weighted by molar-refractivity contribution is -0.162. The van der Waals surface area contributed by atoms with Gasteiger partial charge < -0.3 is 24.6 Å². The van der Waals surface area contributed by atoms with Crippen LogP contribution in [0.5, 0.6) is 0 Å². The third-order valence-electron chi connectivity index (χ3n) is 5.91. The molecule has 1 aliphatic rings. The maximum Gasteiger partial charge on any atom is 0.331 e. The summed E-state index contributed by atoms with van der Waals surface area (Å²) in [5.41, 5.74) is 1.13. The van der Waals surface area contributed by atoms with E-state index in [-0.39, 0.29) is 28.6 Å². The minimum Gasteiger partial charge on any atom is -0.480 e. The van der Waals surface area contributed by atoms with E-state index in [0.29, 0.717) is 26.1 Å². The highest BCUT2D eigenvalue weighted by atomic mass is 35.5. The molecule has 0 aliphatic carbocycles. The van der Waals surface area contributed by atoms with Gasteiger partial charge in [0.05, 0.1) is 28.3 Å². The molecular formula is C26H27Cl2NO7. The smallest absolute Gasteiger partial charge is 0.331 e. The maximum absolute atomic E-state index is 12.5. The fourth-order valence-corrected chi connectivity index (χ4v) is 4.45. The summed E-state index contributed by atoms with van der Waals surface area (Å²) in [6, 6.07) is 11.0. The van der Waals surface area contributed by atoms with Crippen molar-refractivity contribution in [2.24, 2.45) is 0 Å². The van der Waals surface area contributed by atoms with E-state index in [1.54, 1.807) is 18.2 Å². The molecule has 0 aromatic heterocycles. The molecule has 192 valence electrons. The Labute approximate surface area is 219 Å². The highest BCUT2D eigenvalue weighted by Gasteiger charge is 2.36. The standard InChI is InChI=1S/C26H27Cl2NO7/c1-34-22(30)16-36-26(12-14-35-15-13-26)18-10-8-17(9-11-18)4-2-7-21(25(32)33)29-24(31)23-19(27)5-3-6-20(23)28/h2-6,8-11,21H,7,12-16H2,1H3,(H,29,31)(H,32,33)/b4-2+. The number of methoxy groups -OCH3 is 1. The topological polar surface area (TPSA) is 111 Å². The van der Waals surface area contributed by atoms with Crippen molar-refractivity contribution >= 4 is 47.1 Å². The average Bonchev–Trinajstić information content (AvgIpc) is 2.87. The summed E-state index contributed by atoms with van der Waals surface area (Å²) < 4.78 is 16.1. The van der Waals surface area contributed by atoms with Crippen LogP contribution in [0.15, 0.2) is 48.5 Å². The molecule has 8 nitrogen and oxygen atoms in total. The number of hydrogen-bond donors (Lipinski definition) is 2. The zero-order valence-corrected chi connectivity index (χ0v) is 21.2. The first-order chi connectivity index (χ1) is 17.3. The molecule has 1 atom stereocenters. The highest BCUT2D eigenvalue weighted by Crippen LogP contribution is 2.36. The molecule has 0 saturated carbocycles. The number of carbonyl (C=O) groups is 3. The van der Waals surface area contributed by atoms with Crippen molar-refractivity contribution in [3.8, 4) is 0 Å². The Morgan fingerprint density at radius 2 is 1.75 bits per heavy atom. The van der Waals surface area contributed by atoms with E-state index >= 15 is 0 Å². The number of halogens is 2. The Bertz CT molecular complexity index is 1090. The van der Waals surface area contributed by atoms with Crippen molar-refractivity contribution in [2.45, 2.75) is 30.9 Å². The third-order valence-corrected chi connectivity index (χ3v) is 6.54. The van der Waals surface area contributed by atoms with E-state index in [1.807, 2.05) is 24.3 Å². The van der Waals surface area contributed by atoms with Gasteiger partial charge in [-0.1, -0.05) is 65.7 Å². The summed E-state index contributed by atoms with van der Waals surface area (Å²) in [6.45, 7) is 0.884. The molecule has 10 heteroatoms. The van der Waals surface area contributed by atoms with Crippen LogP contribution in [0.25, 0.3) is 6.08 Å². The van der Waals surface area contributed by atoms with Crippen LogP contribution in [0.2, 0.25) is 10.0 Å². The van der Waals surface area contributed by atoms with Crippen molar-refractivity contribution < 1.29 is 33.7 Å². The van der Waals surface area contributed by atoms with Gasteiger partial charge in [-0.2, -0.15) is 0 Å². The predicted molar refractivity (Wildman–Crippen MR) is 135 cm³/mol. The van der Waals surface area contributed by atoms with E-state index in [9.17, 15) is 19.5 Å². The molecule has 3 rings (SSSR count). The van der Waals surface area contributed by atoms with Gasteiger partial charge in [-0.15, -0.1) is 0 Å². The first-order valence-corrected chi connectivity index (χ1v) is 12.0. The molecule has 2 N–H and O–H groups in total. The molecule has 1 saturated heterocycles. The van der Waals surface area contributed by atoms with Crippen molar-refractivity contribution in [3.63, 3.8) is 0 Å². The molecule has 1 amide bonds. The summed E-state index contributed by atoms with van der Waals surface area (Å²) >= 11 is 12.1. The van der Waals surface area contributed by atoms with Crippen molar-refractivity contribution in [2.75, 3.05) is 26.9 Å². The molecule has 1 heterocycles. The zero-order chi connectivity index (χ0) is 26.1. The molecule has 0 spiro atoms. The van der Waals surface area contributed by atoms with E-state index in [4.69, 9.17) is 37.4 Å². The number of carboxylic acid groups (broad SMARTS) is 1. The number of amides is 1. The molecule has 0 radical (unpaired) electrons. The molecule has 1 aliphatic heterocycles. The normalized spacial score (nSPS) is 15.9. The lowest BCUT2D eigenvalue weighted by Crippen LogP contribution is -2.40. The second kappa shape index (κ2) is 12.9. The van der Waals surface area contributed by atoms with Crippen LogP contribution in [0.1, 0.15) is 40.7 Å². The third kappa shape index (κ3) is 7.07. The molecule has 1 unspecified atom stereocenters. The Kier molecular flexibility index (Phi) is 9.89. The number of benzene rings is 2. The van der Waals surface area contributed by atoms with Crippen molar-refractivity contribution in [1.82, 2.24) is 5.32 Å². The van der Waals surface area contributed by atoms with Gasteiger partial charge in [-0.3, -0.25) is 4.79 Å². The minimum absolute atomic E-state index is 0.0307. The van der Waals surface area contributed by atoms with E-state index < -0.39 is 29.5 Å². The first-order valence-electron chi connectivity index (χ1n) is 11.3. The molecule has 2 aromatic rings. The van der Waals surface area contributed by atoms with Gasteiger partial charge in [0, 0.05) is 26.1 Å². The number of aliphatic carboxylic acids is 1. The Morgan fingerprint density at radius 1 is 1.11 bits per heavy atom. The minimum atomic E-state index is -1.18. The quantitative estimate of drug-likeness (QED) is 0.431. The molecule has 0 bridgehead atoms. The van der Waals surface area contributed by atoms with Gasteiger partial charge in [-0.05, 0) is 29.7 Å². The van der Waals surface area contributed by atoms with Gasteiger partial charge >= 0.3 is 11.9 Å². The van der Waals surface area contributed by atoms with Crippen molar-refractivity contribution in [1.29, 1.82) is 0 Å². The SMILES string of the molecule is COC(=O)COC1(c2ccc(/C=C/CC(NC(=O)c3c(Cl)cccc3Cl)C(=O)O)cc2)CCOCC1. The average molecular weight is 536 g/mol. The zero-order valence-electron chi connectivity index (χ0n) is 19.7. The molecule has 36 heavy (non-hydrogen) atoms. The number of nitrogens with one attached hydrogen (secondary N) is 1. The Balaban J connectivity index is 1.66. The Morgan fingerprint density at radius 3 is 2.33 bits per heavy atom. The lowest BCUT2D eigenvalue weighted by Gasteiger charge is -2.37. The number of ether oxygens (including phenoxy) is 3. The van der Waals surface area contributed by atoms with Crippen LogP contribution < -0.4 is 5.32 Å². The molecule has 2 aromatic carbocycles. The number of esters is 1. The molecule has 1 fully saturated rings. The second-order valence-electron chi connectivity index (χ2n) is 8.19. The van der Waals surface area contributed by atoms with Crippen molar-refractivity contribution in [3.05, 3.63) is 75.3 Å². The summed E-state index contributed by atoms with van der Waals surface area (Å²) in [5, 5.41) is 12.3. The van der Waals surface area contributed by atoms with Crippen LogP contribution in [-0.4, -0.2) is 55.9 Å². The van der Waals surface area contributed by atoms with Crippen LogP contribution in [0, 0.1) is 0 Å². The van der Waals surface area contributed by atoms with Crippen LogP contribution in [0.3, 0.4) is 0 Å². The number of carboxylic acids is 1. The predicted octanol–water partition coefficient (Wildman–Crippen LogP) is 4.48. The fraction of sp³-hybridized carbons (Fsp3) is 0.346. The summed E-state index contributed by atoms with van der Waals surface area (Å²) in [7, 11) is 1.32. The van der Waals surface area contributed by atoms with Gasteiger partial charge in [-0.25, -0.2) is 9.59 Å². The largest absolute Gasteiger partial charge is 0.480 e. The monoisotopic (exact) mass is 535 g/mol. The number of carbonyl (C=O) groups excluding carboxylic acids is 2. The van der Waals surface area contributed by atoms with Gasteiger partial charge in [0.25, 0.3) is 5.91 Å². The van der Waals surface area contributed by atoms with E-state index in [0.717, 1.165) is 11.1 Å². The summed E-state index contributed by atoms with van der Waals surface area (Å²) in [4.78, 5) is 35.9. The summed E-state index contributed by atoms with van der Waals surface area (Å²) in [5.74, 6) is -2.29. The number of rotatable bonds is 10. The van der Waals surface area contributed by atoms with Gasteiger partial charge in [0.2, 0.25) is 0 Å².